The van der Waals surface area contributed by atoms with Gasteiger partial charge in [-0.25, -0.2) is 0 Å². The number of carbonyl (C=O) groups is 1. The molecule has 20 heavy (non-hydrogen) atoms. The Morgan fingerprint density at radius 2 is 2.10 bits per heavy atom. The molecule has 4 heteroatoms. The summed E-state index contributed by atoms with van der Waals surface area (Å²) in [6.07, 6.45) is 2.40. The van der Waals surface area contributed by atoms with Crippen LogP contribution in [0.2, 0.25) is 0 Å². The summed E-state index contributed by atoms with van der Waals surface area (Å²) in [5.41, 5.74) is 0.894. The van der Waals surface area contributed by atoms with Crippen molar-refractivity contribution in [2.24, 2.45) is 5.41 Å². The molecule has 2 rings (SSSR count). The van der Waals surface area contributed by atoms with Gasteiger partial charge in [0, 0.05) is 18.2 Å². The molecule has 0 bridgehead atoms. The predicted molar refractivity (Wildman–Crippen MR) is 80.1 cm³/mol. The van der Waals surface area contributed by atoms with Gasteiger partial charge in [0.05, 0.1) is 7.11 Å². The lowest BCUT2D eigenvalue weighted by Gasteiger charge is -2.39. The lowest BCUT2D eigenvalue weighted by Crippen LogP contribution is -2.52. The van der Waals surface area contributed by atoms with E-state index in [-0.39, 0.29) is 11.3 Å². The van der Waals surface area contributed by atoms with Crippen LogP contribution in [-0.2, 0) is 0 Å². The highest BCUT2D eigenvalue weighted by molar-refractivity contribution is 5.94. The molecule has 0 aliphatic carbocycles. The maximum absolute atomic E-state index is 12.1. The van der Waals surface area contributed by atoms with Crippen molar-refractivity contribution < 1.29 is 9.53 Å². The molecule has 1 atom stereocenters. The normalized spacial score (nSPS) is 21.2. The van der Waals surface area contributed by atoms with Crippen LogP contribution in [0.5, 0.6) is 5.75 Å². The Labute approximate surface area is 120 Å². The summed E-state index contributed by atoms with van der Waals surface area (Å²) in [5.74, 6) is 0.729. The van der Waals surface area contributed by atoms with E-state index in [1.165, 1.54) is 12.8 Å². The van der Waals surface area contributed by atoms with Gasteiger partial charge in [-0.2, -0.15) is 0 Å². The van der Waals surface area contributed by atoms with E-state index in [9.17, 15) is 4.79 Å². The van der Waals surface area contributed by atoms with Crippen molar-refractivity contribution in [3.8, 4) is 5.75 Å². The largest absolute Gasteiger partial charge is 0.497 e. The van der Waals surface area contributed by atoms with Gasteiger partial charge in [0.2, 0.25) is 0 Å². The first-order valence-corrected chi connectivity index (χ1v) is 7.18. The van der Waals surface area contributed by atoms with Gasteiger partial charge in [0.15, 0.2) is 0 Å². The Morgan fingerprint density at radius 3 is 2.70 bits per heavy atom. The summed E-state index contributed by atoms with van der Waals surface area (Å²) in [7, 11) is 1.62. The standard InChI is InChI=1S/C16H24N2O2/c1-16(2)9-4-10-17-14(16)11-18-15(19)12-5-7-13(20-3)8-6-12/h5-8,14,17H,4,9-11H2,1-3H3,(H,18,19). The Morgan fingerprint density at radius 1 is 1.40 bits per heavy atom. The van der Waals surface area contributed by atoms with E-state index in [1.807, 2.05) is 0 Å². The lowest BCUT2D eigenvalue weighted by molar-refractivity contribution is 0.0929. The highest BCUT2D eigenvalue weighted by Gasteiger charge is 2.31. The Bertz CT molecular complexity index is 454. The molecule has 1 aromatic carbocycles. The van der Waals surface area contributed by atoms with E-state index in [4.69, 9.17) is 4.74 Å². The van der Waals surface area contributed by atoms with Crippen molar-refractivity contribution in [3.05, 3.63) is 29.8 Å². The molecule has 1 amide bonds. The van der Waals surface area contributed by atoms with E-state index in [0.717, 1.165) is 12.3 Å². The lowest BCUT2D eigenvalue weighted by atomic mass is 9.77. The number of ether oxygens (including phenoxy) is 1. The molecule has 1 aromatic rings. The highest BCUT2D eigenvalue weighted by Crippen LogP contribution is 2.29. The third-order valence-electron chi connectivity index (χ3n) is 4.15. The fraction of sp³-hybridized carbons (Fsp3) is 0.562. The number of piperidine rings is 1. The maximum atomic E-state index is 12.1. The number of hydrogen-bond donors (Lipinski definition) is 2. The zero-order valence-electron chi connectivity index (χ0n) is 12.5. The van der Waals surface area contributed by atoms with E-state index in [2.05, 4.69) is 24.5 Å². The van der Waals surface area contributed by atoms with Crippen LogP contribution in [0.3, 0.4) is 0 Å². The van der Waals surface area contributed by atoms with Crippen molar-refractivity contribution in [1.29, 1.82) is 0 Å². The molecule has 1 fully saturated rings. The number of hydrogen-bond acceptors (Lipinski definition) is 3. The van der Waals surface area contributed by atoms with Crippen LogP contribution in [0.25, 0.3) is 0 Å². The Kier molecular flexibility index (Phi) is 4.65. The number of benzene rings is 1. The Hall–Kier alpha value is -1.55. The summed E-state index contributed by atoms with van der Waals surface area (Å²) in [4.78, 5) is 12.1. The number of methoxy groups -OCH3 is 1. The van der Waals surface area contributed by atoms with Crippen LogP contribution >= 0.6 is 0 Å². The number of rotatable bonds is 4. The molecule has 0 radical (unpaired) electrons. The fourth-order valence-corrected chi connectivity index (χ4v) is 2.66. The van der Waals surface area contributed by atoms with Crippen molar-refractivity contribution in [2.75, 3.05) is 20.2 Å². The number of nitrogens with one attached hydrogen (secondary N) is 2. The first kappa shape index (κ1) is 14.9. The molecule has 1 saturated heterocycles. The summed E-state index contributed by atoms with van der Waals surface area (Å²) >= 11 is 0. The third-order valence-corrected chi connectivity index (χ3v) is 4.15. The SMILES string of the molecule is COc1ccc(C(=O)NCC2NCCCC2(C)C)cc1. The van der Waals surface area contributed by atoms with Gasteiger partial charge in [-0.05, 0) is 49.1 Å². The second kappa shape index (κ2) is 6.27. The molecular weight excluding hydrogens is 252 g/mol. The minimum absolute atomic E-state index is 0.0316. The quantitative estimate of drug-likeness (QED) is 0.886. The van der Waals surface area contributed by atoms with Crippen LogP contribution in [0.15, 0.2) is 24.3 Å². The minimum Gasteiger partial charge on any atom is -0.497 e. The number of amides is 1. The molecule has 1 aliphatic rings. The number of carbonyl (C=O) groups excluding carboxylic acids is 1. The molecule has 2 N–H and O–H groups in total. The van der Waals surface area contributed by atoms with E-state index in [0.29, 0.717) is 18.2 Å². The molecule has 1 unspecified atom stereocenters. The van der Waals surface area contributed by atoms with Crippen LogP contribution in [0.4, 0.5) is 0 Å². The van der Waals surface area contributed by atoms with E-state index < -0.39 is 0 Å². The fourth-order valence-electron chi connectivity index (χ4n) is 2.66. The molecule has 1 aliphatic heterocycles. The zero-order chi connectivity index (χ0) is 14.6. The molecule has 0 spiro atoms. The first-order chi connectivity index (χ1) is 9.53. The van der Waals surface area contributed by atoms with Gasteiger partial charge in [0.1, 0.15) is 5.75 Å². The molecule has 0 saturated carbocycles. The van der Waals surface area contributed by atoms with Gasteiger partial charge in [-0.3, -0.25) is 4.79 Å². The van der Waals surface area contributed by atoms with Crippen molar-refractivity contribution in [3.63, 3.8) is 0 Å². The first-order valence-electron chi connectivity index (χ1n) is 7.18. The minimum atomic E-state index is -0.0316. The zero-order valence-corrected chi connectivity index (χ0v) is 12.5. The van der Waals surface area contributed by atoms with Crippen molar-refractivity contribution in [2.45, 2.75) is 32.7 Å². The van der Waals surface area contributed by atoms with Gasteiger partial charge in [0.25, 0.3) is 5.91 Å². The van der Waals surface area contributed by atoms with Crippen molar-refractivity contribution in [1.82, 2.24) is 10.6 Å². The maximum Gasteiger partial charge on any atom is 0.251 e. The summed E-state index contributed by atoms with van der Waals surface area (Å²) in [6, 6.07) is 7.51. The summed E-state index contributed by atoms with van der Waals surface area (Å²) in [5, 5.41) is 6.52. The second-order valence-corrected chi connectivity index (χ2v) is 6.04. The smallest absolute Gasteiger partial charge is 0.251 e. The van der Waals surface area contributed by atoms with Crippen LogP contribution in [0, 0.1) is 5.41 Å². The van der Waals surface area contributed by atoms with Crippen molar-refractivity contribution >= 4 is 5.91 Å². The molecule has 0 aromatic heterocycles. The van der Waals surface area contributed by atoms with Gasteiger partial charge in [-0.1, -0.05) is 13.8 Å². The van der Waals surface area contributed by atoms with Gasteiger partial charge in [-0.15, -0.1) is 0 Å². The van der Waals surface area contributed by atoms with Gasteiger partial charge >= 0.3 is 0 Å². The second-order valence-electron chi connectivity index (χ2n) is 6.04. The van der Waals surface area contributed by atoms with E-state index in [1.54, 1.807) is 31.4 Å². The van der Waals surface area contributed by atoms with Crippen LogP contribution < -0.4 is 15.4 Å². The van der Waals surface area contributed by atoms with Crippen LogP contribution in [0.1, 0.15) is 37.0 Å². The summed E-state index contributed by atoms with van der Waals surface area (Å²) in [6.45, 7) is 6.21. The topological polar surface area (TPSA) is 50.4 Å². The predicted octanol–water partition coefficient (Wildman–Crippen LogP) is 2.20. The third kappa shape index (κ3) is 3.51. The molecule has 110 valence electrons. The monoisotopic (exact) mass is 276 g/mol. The highest BCUT2D eigenvalue weighted by atomic mass is 16.5. The molecular formula is C16H24N2O2. The average molecular weight is 276 g/mol. The summed E-state index contributed by atoms with van der Waals surface area (Å²) < 4.78 is 5.09. The average Bonchev–Trinajstić information content (AvgIpc) is 2.45. The molecule has 4 nitrogen and oxygen atoms in total. The van der Waals surface area contributed by atoms with Gasteiger partial charge < -0.3 is 15.4 Å². The molecule has 1 heterocycles. The van der Waals surface area contributed by atoms with Crippen LogP contribution in [-0.4, -0.2) is 32.1 Å². The Balaban J connectivity index is 1.91. The van der Waals surface area contributed by atoms with E-state index >= 15 is 0 Å².